The number of carboxylic acids is 1. The predicted molar refractivity (Wildman–Crippen MR) is 68.6 cm³/mol. The summed E-state index contributed by atoms with van der Waals surface area (Å²) in [6, 6.07) is 5.24. The number of carbonyl (C=O) groups is 2. The van der Waals surface area contributed by atoms with Crippen LogP contribution < -0.4 is 10.1 Å². The highest BCUT2D eigenvalue weighted by Crippen LogP contribution is 2.40. The minimum absolute atomic E-state index is 0.279. The molecule has 96 valence electrons. The maximum atomic E-state index is 11.8. The summed E-state index contributed by atoms with van der Waals surface area (Å²) in [7, 11) is 1.51. The largest absolute Gasteiger partial charge is 0.495 e. The summed E-state index contributed by atoms with van der Waals surface area (Å²) in [5, 5.41) is 11.5. The summed E-state index contributed by atoms with van der Waals surface area (Å²) < 4.78 is 5.93. The van der Waals surface area contributed by atoms with Crippen molar-refractivity contribution >= 4 is 33.5 Å². The molecule has 0 aromatic heterocycles. The molecule has 0 heterocycles. The molecule has 2 atom stereocenters. The highest BCUT2D eigenvalue weighted by Gasteiger charge is 2.48. The van der Waals surface area contributed by atoms with E-state index in [4.69, 9.17) is 9.84 Å². The first-order chi connectivity index (χ1) is 8.52. The SMILES string of the molecule is COc1ccc(Br)cc1NC(=O)C1CC1C(=O)O. The maximum Gasteiger partial charge on any atom is 0.307 e. The molecule has 1 aromatic carbocycles. The van der Waals surface area contributed by atoms with Crippen molar-refractivity contribution in [3.05, 3.63) is 22.7 Å². The van der Waals surface area contributed by atoms with Crippen LogP contribution in [0.5, 0.6) is 5.75 Å². The molecule has 1 saturated carbocycles. The topological polar surface area (TPSA) is 75.6 Å². The Kier molecular flexibility index (Phi) is 3.56. The van der Waals surface area contributed by atoms with Gasteiger partial charge in [-0.3, -0.25) is 9.59 Å². The molecule has 0 radical (unpaired) electrons. The number of anilines is 1. The van der Waals surface area contributed by atoms with Crippen LogP contribution in [0.2, 0.25) is 0 Å². The van der Waals surface area contributed by atoms with E-state index >= 15 is 0 Å². The molecule has 2 N–H and O–H groups in total. The minimum Gasteiger partial charge on any atom is -0.495 e. The molecule has 0 saturated heterocycles. The molecular formula is C12H12BrNO4. The third-order valence-electron chi connectivity index (χ3n) is 2.86. The summed E-state index contributed by atoms with van der Waals surface area (Å²) >= 11 is 3.30. The van der Waals surface area contributed by atoms with Crippen molar-refractivity contribution in [2.75, 3.05) is 12.4 Å². The van der Waals surface area contributed by atoms with Crippen LogP contribution in [0.15, 0.2) is 22.7 Å². The first-order valence-corrected chi connectivity index (χ1v) is 6.19. The predicted octanol–water partition coefficient (Wildman–Crippen LogP) is 2.12. The number of halogens is 1. The standard InChI is InChI=1S/C12H12BrNO4/c1-18-10-3-2-6(13)4-9(10)14-11(15)7-5-8(7)12(16)17/h2-4,7-8H,5H2,1H3,(H,14,15)(H,16,17). The van der Waals surface area contributed by atoms with Crippen molar-refractivity contribution in [2.45, 2.75) is 6.42 Å². The zero-order chi connectivity index (χ0) is 13.3. The Morgan fingerprint density at radius 3 is 2.72 bits per heavy atom. The molecule has 0 aliphatic heterocycles. The van der Waals surface area contributed by atoms with Gasteiger partial charge < -0.3 is 15.2 Å². The molecule has 2 rings (SSSR count). The molecule has 1 aliphatic rings. The Balaban J connectivity index is 2.08. The van der Waals surface area contributed by atoms with E-state index in [-0.39, 0.29) is 5.91 Å². The van der Waals surface area contributed by atoms with E-state index in [2.05, 4.69) is 21.2 Å². The fourth-order valence-corrected chi connectivity index (χ4v) is 2.12. The van der Waals surface area contributed by atoms with Gasteiger partial charge in [-0.2, -0.15) is 0 Å². The van der Waals surface area contributed by atoms with E-state index in [1.54, 1.807) is 18.2 Å². The molecule has 5 nitrogen and oxygen atoms in total. The summed E-state index contributed by atoms with van der Waals surface area (Å²) in [6.07, 6.45) is 0.400. The number of methoxy groups -OCH3 is 1. The van der Waals surface area contributed by atoms with Gasteiger partial charge in [-0.05, 0) is 24.6 Å². The van der Waals surface area contributed by atoms with E-state index < -0.39 is 17.8 Å². The van der Waals surface area contributed by atoms with E-state index in [9.17, 15) is 9.59 Å². The smallest absolute Gasteiger partial charge is 0.307 e. The van der Waals surface area contributed by atoms with E-state index in [0.29, 0.717) is 17.9 Å². The fourth-order valence-electron chi connectivity index (χ4n) is 1.76. The molecular weight excluding hydrogens is 302 g/mol. The van der Waals surface area contributed by atoms with Gasteiger partial charge >= 0.3 is 5.97 Å². The number of carboxylic acid groups (broad SMARTS) is 1. The number of hydrogen-bond acceptors (Lipinski definition) is 3. The zero-order valence-electron chi connectivity index (χ0n) is 9.64. The highest BCUT2D eigenvalue weighted by atomic mass is 79.9. The highest BCUT2D eigenvalue weighted by molar-refractivity contribution is 9.10. The number of amides is 1. The quantitative estimate of drug-likeness (QED) is 0.892. The number of ether oxygens (including phenoxy) is 1. The van der Waals surface area contributed by atoms with Gasteiger partial charge in [0, 0.05) is 4.47 Å². The van der Waals surface area contributed by atoms with Gasteiger partial charge in [-0.15, -0.1) is 0 Å². The van der Waals surface area contributed by atoms with Crippen molar-refractivity contribution in [1.82, 2.24) is 0 Å². The Bertz CT molecular complexity index is 503. The summed E-state index contributed by atoms with van der Waals surface area (Å²) in [5.41, 5.74) is 0.535. The lowest BCUT2D eigenvalue weighted by atomic mass is 10.2. The van der Waals surface area contributed by atoms with Crippen molar-refractivity contribution < 1.29 is 19.4 Å². The van der Waals surface area contributed by atoms with Gasteiger partial charge in [0.15, 0.2) is 0 Å². The number of nitrogens with one attached hydrogen (secondary N) is 1. The van der Waals surface area contributed by atoms with Crippen LogP contribution in [0.4, 0.5) is 5.69 Å². The molecule has 1 amide bonds. The van der Waals surface area contributed by atoms with Crippen LogP contribution in [-0.2, 0) is 9.59 Å². The summed E-state index contributed by atoms with van der Waals surface area (Å²) in [6.45, 7) is 0. The second-order valence-electron chi connectivity index (χ2n) is 4.12. The Labute approximate surface area is 112 Å². The Morgan fingerprint density at radius 1 is 1.44 bits per heavy atom. The lowest BCUT2D eigenvalue weighted by molar-refractivity contribution is -0.139. The molecule has 1 aromatic rings. The maximum absolute atomic E-state index is 11.8. The van der Waals surface area contributed by atoms with Crippen LogP contribution in [0.25, 0.3) is 0 Å². The first-order valence-electron chi connectivity index (χ1n) is 5.40. The number of carbonyl (C=O) groups excluding carboxylic acids is 1. The normalized spacial score (nSPS) is 21.2. The number of aliphatic carboxylic acids is 1. The van der Waals surface area contributed by atoms with Crippen LogP contribution >= 0.6 is 15.9 Å². The Morgan fingerprint density at radius 2 is 2.17 bits per heavy atom. The second kappa shape index (κ2) is 4.97. The van der Waals surface area contributed by atoms with Gasteiger partial charge in [-0.25, -0.2) is 0 Å². The third kappa shape index (κ3) is 2.64. The van der Waals surface area contributed by atoms with Crippen LogP contribution in [-0.4, -0.2) is 24.1 Å². The van der Waals surface area contributed by atoms with E-state index in [0.717, 1.165) is 4.47 Å². The molecule has 1 fully saturated rings. The number of benzene rings is 1. The van der Waals surface area contributed by atoms with E-state index in [1.807, 2.05) is 0 Å². The van der Waals surface area contributed by atoms with Crippen molar-refractivity contribution in [2.24, 2.45) is 11.8 Å². The Hall–Kier alpha value is -1.56. The average molecular weight is 314 g/mol. The second-order valence-corrected chi connectivity index (χ2v) is 5.04. The summed E-state index contributed by atoms with van der Waals surface area (Å²) in [5.74, 6) is -1.65. The van der Waals surface area contributed by atoms with Gasteiger partial charge in [0.1, 0.15) is 5.75 Å². The molecule has 18 heavy (non-hydrogen) atoms. The molecule has 1 aliphatic carbocycles. The number of rotatable bonds is 4. The summed E-state index contributed by atoms with van der Waals surface area (Å²) in [4.78, 5) is 22.5. The van der Waals surface area contributed by atoms with Crippen molar-refractivity contribution in [1.29, 1.82) is 0 Å². The zero-order valence-corrected chi connectivity index (χ0v) is 11.2. The molecule has 6 heteroatoms. The third-order valence-corrected chi connectivity index (χ3v) is 3.36. The average Bonchev–Trinajstić information content (AvgIpc) is 3.09. The van der Waals surface area contributed by atoms with Gasteiger partial charge in [0.2, 0.25) is 5.91 Å². The van der Waals surface area contributed by atoms with Crippen molar-refractivity contribution in [3.8, 4) is 5.75 Å². The first kappa shape index (κ1) is 12.9. The molecule has 0 bridgehead atoms. The molecule has 0 spiro atoms. The van der Waals surface area contributed by atoms with Gasteiger partial charge in [-0.1, -0.05) is 15.9 Å². The monoisotopic (exact) mass is 313 g/mol. The van der Waals surface area contributed by atoms with Gasteiger partial charge in [0.05, 0.1) is 24.6 Å². The van der Waals surface area contributed by atoms with Crippen LogP contribution in [0, 0.1) is 11.8 Å². The van der Waals surface area contributed by atoms with Crippen LogP contribution in [0.1, 0.15) is 6.42 Å². The van der Waals surface area contributed by atoms with E-state index in [1.165, 1.54) is 7.11 Å². The van der Waals surface area contributed by atoms with Gasteiger partial charge in [0.25, 0.3) is 0 Å². The van der Waals surface area contributed by atoms with Crippen molar-refractivity contribution in [3.63, 3.8) is 0 Å². The minimum atomic E-state index is -0.920. The van der Waals surface area contributed by atoms with Crippen LogP contribution in [0.3, 0.4) is 0 Å². The lowest BCUT2D eigenvalue weighted by Gasteiger charge is -2.10. The molecule has 2 unspecified atom stereocenters. The fraction of sp³-hybridized carbons (Fsp3) is 0.333. The number of hydrogen-bond donors (Lipinski definition) is 2. The lowest BCUT2D eigenvalue weighted by Crippen LogP contribution is -2.17.